The van der Waals surface area contributed by atoms with E-state index in [1.165, 1.54) is 37.5 Å². The van der Waals surface area contributed by atoms with E-state index in [2.05, 4.69) is 20.6 Å². The van der Waals surface area contributed by atoms with Crippen LogP contribution in [0.15, 0.2) is 42.7 Å². The average molecular weight is 503 g/mol. The fourth-order valence-corrected chi connectivity index (χ4v) is 4.25. The van der Waals surface area contributed by atoms with Gasteiger partial charge in [0.1, 0.15) is 23.9 Å². The summed E-state index contributed by atoms with van der Waals surface area (Å²) in [6.45, 7) is 1.08. The van der Waals surface area contributed by atoms with Crippen LogP contribution in [-0.4, -0.2) is 27.1 Å². The summed E-state index contributed by atoms with van der Waals surface area (Å²) in [7, 11) is 0. The number of benzene rings is 2. The molecule has 1 atom stereocenters. The first-order valence-corrected chi connectivity index (χ1v) is 11.7. The lowest BCUT2D eigenvalue weighted by Crippen LogP contribution is -2.20. The number of hydrogen-bond donors (Lipinski definition) is 3. The highest BCUT2D eigenvalue weighted by Crippen LogP contribution is 2.39. The maximum absolute atomic E-state index is 14.9. The number of fused-ring (bicyclic) bond motifs is 1. The van der Waals surface area contributed by atoms with Crippen molar-refractivity contribution in [2.24, 2.45) is 0 Å². The van der Waals surface area contributed by atoms with Crippen LogP contribution in [-0.2, 0) is 4.79 Å². The van der Waals surface area contributed by atoms with Gasteiger partial charge in [-0.1, -0.05) is 30.2 Å². The molecule has 7 nitrogen and oxygen atoms in total. The number of carboxylic acids is 1. The molecule has 10 heteroatoms. The fourth-order valence-electron chi connectivity index (χ4n) is 4.09. The van der Waals surface area contributed by atoms with Gasteiger partial charge in [-0.15, -0.1) is 0 Å². The van der Waals surface area contributed by atoms with Gasteiger partial charge in [0.05, 0.1) is 34.5 Å². The Kier molecular flexibility index (Phi) is 7.65. The normalized spacial score (nSPS) is 16.9. The molecule has 2 aromatic carbocycles. The zero-order chi connectivity index (χ0) is 24.9. The van der Waals surface area contributed by atoms with Crippen molar-refractivity contribution in [2.45, 2.75) is 51.3 Å². The molecule has 1 saturated carbocycles. The highest BCUT2D eigenvalue weighted by Gasteiger charge is 2.25. The van der Waals surface area contributed by atoms with Crippen molar-refractivity contribution in [1.82, 2.24) is 9.97 Å². The average Bonchev–Trinajstić information content (AvgIpc) is 3.22. The molecule has 2 heterocycles. The molecule has 0 bridgehead atoms. The van der Waals surface area contributed by atoms with Gasteiger partial charge < -0.3 is 20.5 Å². The molecule has 5 rings (SSSR count). The minimum Gasteiger partial charge on any atom is -0.481 e. The van der Waals surface area contributed by atoms with Crippen molar-refractivity contribution < 1.29 is 23.4 Å². The molecule has 1 fully saturated rings. The van der Waals surface area contributed by atoms with Gasteiger partial charge in [0.25, 0.3) is 5.97 Å². The Morgan fingerprint density at radius 1 is 1.03 bits per heavy atom. The fraction of sp³-hybridized carbons (Fsp3) is 0.320. The van der Waals surface area contributed by atoms with Crippen LogP contribution in [0.3, 0.4) is 0 Å². The predicted octanol–water partition coefficient (Wildman–Crippen LogP) is 6.41. The van der Waals surface area contributed by atoms with Crippen LogP contribution in [0.5, 0.6) is 5.88 Å². The number of rotatable bonds is 4. The zero-order valence-electron chi connectivity index (χ0n) is 19.0. The number of anilines is 2. The second-order valence-electron chi connectivity index (χ2n) is 8.41. The van der Waals surface area contributed by atoms with E-state index in [-0.39, 0.29) is 11.1 Å². The van der Waals surface area contributed by atoms with E-state index >= 15 is 0 Å². The third-order valence-corrected chi connectivity index (χ3v) is 6.02. The minimum absolute atomic E-state index is 0.0130. The molecule has 35 heavy (non-hydrogen) atoms. The van der Waals surface area contributed by atoms with Crippen LogP contribution in [0, 0.1) is 11.6 Å². The van der Waals surface area contributed by atoms with E-state index in [0.717, 1.165) is 19.8 Å². The largest absolute Gasteiger partial charge is 0.481 e. The Morgan fingerprint density at radius 2 is 1.71 bits per heavy atom. The number of halogens is 3. The summed E-state index contributed by atoms with van der Waals surface area (Å²) in [4.78, 5) is 17.7. The molecule has 184 valence electrons. The van der Waals surface area contributed by atoms with E-state index in [9.17, 15) is 8.78 Å². The Morgan fingerprint density at radius 3 is 2.34 bits per heavy atom. The number of nitrogens with zero attached hydrogens (tertiary/aromatic N) is 2. The maximum atomic E-state index is 14.9. The van der Waals surface area contributed by atoms with E-state index in [4.69, 9.17) is 26.2 Å². The first kappa shape index (κ1) is 24.7. The summed E-state index contributed by atoms with van der Waals surface area (Å²) in [5.41, 5.74) is 2.74. The van der Waals surface area contributed by atoms with Gasteiger partial charge >= 0.3 is 0 Å². The maximum Gasteiger partial charge on any atom is 0.300 e. The lowest BCUT2D eigenvalue weighted by atomic mass is 9.98. The number of carbonyl (C=O) groups is 1. The topological polar surface area (TPSA) is 96.4 Å². The van der Waals surface area contributed by atoms with Crippen molar-refractivity contribution in [3.8, 4) is 17.1 Å². The van der Waals surface area contributed by atoms with Crippen LogP contribution >= 0.6 is 11.6 Å². The first-order chi connectivity index (χ1) is 16.8. The van der Waals surface area contributed by atoms with Crippen molar-refractivity contribution in [2.75, 3.05) is 10.6 Å². The third-order valence-electron chi connectivity index (χ3n) is 5.74. The lowest BCUT2D eigenvalue weighted by Gasteiger charge is -2.22. The van der Waals surface area contributed by atoms with Crippen LogP contribution < -0.4 is 15.4 Å². The van der Waals surface area contributed by atoms with Crippen LogP contribution in [0.2, 0.25) is 5.02 Å². The van der Waals surface area contributed by atoms with Gasteiger partial charge in [-0.25, -0.2) is 18.7 Å². The molecule has 0 amide bonds. The molecule has 1 aliphatic heterocycles. The van der Waals surface area contributed by atoms with Gasteiger partial charge in [-0.3, -0.25) is 4.79 Å². The van der Waals surface area contributed by atoms with Gasteiger partial charge in [0.15, 0.2) is 0 Å². The SMILES string of the molecule is CC(=O)O.Fc1cc2c(cc1Cl)NC(c1ccc(-c3cnc(OC4CCCCC4)cn3)cc1F)N2. The van der Waals surface area contributed by atoms with Crippen LogP contribution in [0.25, 0.3) is 11.3 Å². The minimum atomic E-state index is -0.833. The Bertz CT molecular complexity index is 1170. The summed E-state index contributed by atoms with van der Waals surface area (Å²) < 4.78 is 34.5. The molecular weight excluding hydrogens is 478 g/mol. The summed E-state index contributed by atoms with van der Waals surface area (Å²) in [5.74, 6) is -1.28. The van der Waals surface area contributed by atoms with Gasteiger partial charge in [-0.2, -0.15) is 0 Å². The highest BCUT2D eigenvalue weighted by atomic mass is 35.5. The summed E-state index contributed by atoms with van der Waals surface area (Å²) in [6.07, 6.45) is 8.56. The van der Waals surface area contributed by atoms with Gasteiger partial charge in [-0.05, 0) is 37.8 Å². The lowest BCUT2D eigenvalue weighted by molar-refractivity contribution is -0.134. The summed E-state index contributed by atoms with van der Waals surface area (Å²) in [6, 6.07) is 7.65. The zero-order valence-corrected chi connectivity index (χ0v) is 19.8. The molecule has 3 aromatic rings. The Labute approximate surface area is 206 Å². The van der Waals surface area contributed by atoms with Crippen molar-refractivity contribution >= 4 is 28.9 Å². The highest BCUT2D eigenvalue weighted by molar-refractivity contribution is 6.31. The summed E-state index contributed by atoms with van der Waals surface area (Å²) in [5, 5.41) is 13.6. The molecular formula is C25H25ClF2N4O3. The van der Waals surface area contributed by atoms with Crippen molar-refractivity contribution in [3.05, 3.63) is 64.9 Å². The molecule has 1 aliphatic carbocycles. The van der Waals surface area contributed by atoms with E-state index in [1.54, 1.807) is 24.5 Å². The molecule has 3 N–H and O–H groups in total. The predicted molar refractivity (Wildman–Crippen MR) is 130 cm³/mol. The number of nitrogens with one attached hydrogen (secondary N) is 2. The number of aromatic nitrogens is 2. The molecule has 2 aliphatic rings. The van der Waals surface area contributed by atoms with E-state index in [1.807, 2.05) is 0 Å². The first-order valence-electron chi connectivity index (χ1n) is 11.3. The van der Waals surface area contributed by atoms with Crippen LogP contribution in [0.4, 0.5) is 20.2 Å². The third kappa shape index (κ3) is 6.16. The second-order valence-corrected chi connectivity index (χ2v) is 8.81. The monoisotopic (exact) mass is 502 g/mol. The Balaban J connectivity index is 0.000000672. The second kappa shape index (κ2) is 10.9. The van der Waals surface area contributed by atoms with Crippen LogP contribution in [0.1, 0.15) is 50.8 Å². The molecule has 1 aromatic heterocycles. The smallest absolute Gasteiger partial charge is 0.300 e. The standard InChI is InChI=1S/C23H21ClF2N4O.C2H4O2/c24-16-9-19-20(10-18(16)26)30-23(29-19)15-7-6-13(8-17(15)25)21-11-28-22(12-27-21)31-14-4-2-1-3-5-14;1-2(3)4/h6-12,14,23,29-30H,1-5H2;1H3,(H,3,4). The van der Waals surface area contributed by atoms with Crippen molar-refractivity contribution in [3.63, 3.8) is 0 Å². The molecule has 0 radical (unpaired) electrons. The van der Waals surface area contributed by atoms with Crippen molar-refractivity contribution in [1.29, 1.82) is 0 Å². The van der Waals surface area contributed by atoms with E-state index in [0.29, 0.717) is 34.1 Å². The quantitative estimate of drug-likeness (QED) is 0.379. The summed E-state index contributed by atoms with van der Waals surface area (Å²) >= 11 is 5.83. The molecule has 1 unspecified atom stereocenters. The number of ether oxygens (including phenoxy) is 1. The number of hydrogen-bond acceptors (Lipinski definition) is 6. The number of carboxylic acid groups (broad SMARTS) is 1. The molecule has 0 spiro atoms. The molecule has 0 saturated heterocycles. The number of aliphatic carboxylic acids is 1. The Hall–Kier alpha value is -3.46. The van der Waals surface area contributed by atoms with Gasteiger partial charge in [0, 0.05) is 24.1 Å². The van der Waals surface area contributed by atoms with Gasteiger partial charge in [0.2, 0.25) is 5.88 Å². The van der Waals surface area contributed by atoms with E-state index < -0.39 is 23.8 Å².